The second kappa shape index (κ2) is 3.80. The number of nitrogens with zero attached hydrogens (tertiary/aromatic N) is 2. The average molecular weight is 230 g/mol. The quantitative estimate of drug-likeness (QED) is 0.846. The van der Waals surface area contributed by atoms with Crippen LogP contribution in [-0.4, -0.2) is 20.8 Å². The Morgan fingerprint density at radius 2 is 2.25 bits per heavy atom. The van der Waals surface area contributed by atoms with E-state index in [9.17, 15) is 13.9 Å². The van der Waals surface area contributed by atoms with Gasteiger partial charge in [-0.05, 0) is 19.8 Å². The molecule has 1 aliphatic carbocycles. The van der Waals surface area contributed by atoms with Crippen molar-refractivity contribution in [1.82, 2.24) is 9.78 Å². The van der Waals surface area contributed by atoms with Gasteiger partial charge in [-0.15, -0.1) is 0 Å². The van der Waals surface area contributed by atoms with Crippen LogP contribution >= 0.6 is 0 Å². The summed E-state index contributed by atoms with van der Waals surface area (Å²) in [5.41, 5.74) is 1.64. The molecule has 3 nitrogen and oxygen atoms in total. The van der Waals surface area contributed by atoms with Crippen molar-refractivity contribution in [2.45, 2.75) is 51.7 Å². The van der Waals surface area contributed by atoms with Crippen LogP contribution in [0.2, 0.25) is 0 Å². The van der Waals surface area contributed by atoms with Gasteiger partial charge < -0.3 is 5.11 Å². The van der Waals surface area contributed by atoms with Crippen LogP contribution in [0.5, 0.6) is 0 Å². The summed E-state index contributed by atoms with van der Waals surface area (Å²) in [6.45, 7) is 4.40. The van der Waals surface area contributed by atoms with Crippen LogP contribution in [0.25, 0.3) is 0 Å². The second-order valence-corrected chi connectivity index (χ2v) is 4.33. The van der Waals surface area contributed by atoms with Gasteiger partial charge in [-0.25, -0.2) is 8.78 Å². The molecule has 0 aliphatic heterocycles. The number of fused-ring (bicyclic) bond motifs is 1. The number of aryl methyl sites for hydroxylation is 2. The summed E-state index contributed by atoms with van der Waals surface area (Å²) in [5.74, 6) is -3.02. The predicted octanol–water partition coefficient (Wildman–Crippen LogP) is 2.22. The smallest absolute Gasteiger partial charge is 0.278 e. The van der Waals surface area contributed by atoms with E-state index in [4.69, 9.17) is 0 Å². The molecule has 1 N–H and O–H groups in total. The number of aliphatic hydroxyl groups excluding tert-OH is 1. The van der Waals surface area contributed by atoms with E-state index in [1.54, 1.807) is 11.6 Å². The summed E-state index contributed by atoms with van der Waals surface area (Å²) in [4.78, 5) is 0. The summed E-state index contributed by atoms with van der Waals surface area (Å²) in [6, 6.07) is 0. The molecular weight excluding hydrogens is 214 g/mol. The Morgan fingerprint density at radius 1 is 1.56 bits per heavy atom. The largest absolute Gasteiger partial charge is 0.382 e. The van der Waals surface area contributed by atoms with E-state index in [1.165, 1.54) is 0 Å². The highest BCUT2D eigenvalue weighted by Gasteiger charge is 2.45. The molecule has 90 valence electrons. The highest BCUT2D eigenvalue weighted by Crippen LogP contribution is 2.42. The van der Waals surface area contributed by atoms with Crippen molar-refractivity contribution < 1.29 is 13.9 Å². The molecule has 1 aromatic rings. The molecule has 0 fully saturated rings. The van der Waals surface area contributed by atoms with Crippen molar-refractivity contribution in [1.29, 1.82) is 0 Å². The lowest BCUT2D eigenvalue weighted by Gasteiger charge is -2.28. The fourth-order valence-electron chi connectivity index (χ4n) is 2.29. The first-order valence-electron chi connectivity index (χ1n) is 5.59. The Morgan fingerprint density at radius 3 is 2.88 bits per heavy atom. The molecular formula is C11H16F2N2O. The topological polar surface area (TPSA) is 38.0 Å². The lowest BCUT2D eigenvalue weighted by molar-refractivity contribution is -0.122. The van der Waals surface area contributed by atoms with Gasteiger partial charge in [-0.2, -0.15) is 5.10 Å². The molecule has 0 saturated carbocycles. The number of aliphatic hydroxyl groups is 1. The van der Waals surface area contributed by atoms with E-state index < -0.39 is 12.0 Å². The SMILES string of the molecule is CCCn1nc(C)c2c1CCC(F)(F)[C@H]2O. The molecule has 1 aromatic heterocycles. The van der Waals surface area contributed by atoms with Gasteiger partial charge in [-0.3, -0.25) is 4.68 Å². The van der Waals surface area contributed by atoms with E-state index in [0.717, 1.165) is 12.1 Å². The van der Waals surface area contributed by atoms with Gasteiger partial charge in [0.05, 0.1) is 5.69 Å². The van der Waals surface area contributed by atoms with Gasteiger partial charge >= 0.3 is 0 Å². The Hall–Kier alpha value is -0.970. The van der Waals surface area contributed by atoms with E-state index in [1.807, 2.05) is 6.92 Å². The number of hydrogen-bond acceptors (Lipinski definition) is 2. The highest BCUT2D eigenvalue weighted by atomic mass is 19.3. The lowest BCUT2D eigenvalue weighted by Crippen LogP contribution is -2.32. The van der Waals surface area contributed by atoms with Gasteiger partial charge in [0.2, 0.25) is 0 Å². The minimum absolute atomic E-state index is 0.292. The molecule has 2 rings (SSSR count). The molecule has 0 bridgehead atoms. The fourth-order valence-corrected chi connectivity index (χ4v) is 2.29. The minimum atomic E-state index is -3.02. The number of halogens is 2. The van der Waals surface area contributed by atoms with E-state index >= 15 is 0 Å². The van der Waals surface area contributed by atoms with Crippen molar-refractivity contribution in [2.24, 2.45) is 0 Å². The number of aromatic nitrogens is 2. The zero-order valence-corrected chi connectivity index (χ0v) is 9.50. The summed E-state index contributed by atoms with van der Waals surface area (Å²) >= 11 is 0. The van der Waals surface area contributed by atoms with Gasteiger partial charge in [0.25, 0.3) is 5.92 Å². The first-order valence-corrected chi connectivity index (χ1v) is 5.59. The third kappa shape index (κ3) is 1.63. The maximum absolute atomic E-state index is 13.4. The Bertz CT molecular complexity index is 401. The summed E-state index contributed by atoms with van der Waals surface area (Å²) in [5, 5.41) is 13.9. The standard InChI is InChI=1S/C11H16F2N2O/c1-3-6-15-8-4-5-11(12,13)10(16)9(8)7(2)14-15/h10,16H,3-6H2,1-2H3/t10-/m0/s1. The Balaban J connectivity index is 2.45. The zero-order valence-electron chi connectivity index (χ0n) is 9.50. The third-order valence-corrected chi connectivity index (χ3v) is 3.09. The molecule has 0 spiro atoms. The summed E-state index contributed by atoms with van der Waals surface area (Å²) in [7, 11) is 0. The monoisotopic (exact) mass is 230 g/mol. The molecule has 0 radical (unpaired) electrons. The predicted molar refractivity (Wildman–Crippen MR) is 55.5 cm³/mol. The maximum atomic E-state index is 13.4. The van der Waals surface area contributed by atoms with Crippen molar-refractivity contribution in [3.63, 3.8) is 0 Å². The summed E-state index contributed by atoms with van der Waals surface area (Å²) in [6.07, 6.45) is -0.794. The average Bonchev–Trinajstić information content (AvgIpc) is 2.51. The van der Waals surface area contributed by atoms with E-state index in [-0.39, 0.29) is 6.42 Å². The lowest BCUT2D eigenvalue weighted by atomic mass is 9.90. The first kappa shape index (κ1) is 11.5. The van der Waals surface area contributed by atoms with Crippen LogP contribution in [0.3, 0.4) is 0 Å². The van der Waals surface area contributed by atoms with Crippen LogP contribution in [0.15, 0.2) is 0 Å². The normalized spacial score (nSPS) is 23.2. The number of alkyl halides is 2. The first-order chi connectivity index (χ1) is 7.47. The second-order valence-electron chi connectivity index (χ2n) is 4.33. The van der Waals surface area contributed by atoms with Crippen LogP contribution in [0.4, 0.5) is 8.78 Å². The number of hydrogen-bond donors (Lipinski definition) is 1. The number of rotatable bonds is 2. The molecule has 0 amide bonds. The van der Waals surface area contributed by atoms with Gasteiger partial charge in [0.15, 0.2) is 0 Å². The Kier molecular flexibility index (Phi) is 2.74. The molecule has 1 aliphatic rings. The van der Waals surface area contributed by atoms with Crippen molar-refractivity contribution in [3.05, 3.63) is 17.0 Å². The van der Waals surface area contributed by atoms with E-state index in [0.29, 0.717) is 24.2 Å². The van der Waals surface area contributed by atoms with Crippen LogP contribution in [-0.2, 0) is 13.0 Å². The van der Waals surface area contributed by atoms with Gasteiger partial charge in [0.1, 0.15) is 6.10 Å². The Labute approximate surface area is 93.1 Å². The van der Waals surface area contributed by atoms with Gasteiger partial charge in [-0.1, -0.05) is 6.92 Å². The van der Waals surface area contributed by atoms with Crippen LogP contribution < -0.4 is 0 Å². The molecule has 1 atom stereocenters. The molecule has 5 heteroatoms. The van der Waals surface area contributed by atoms with Crippen molar-refractivity contribution in [3.8, 4) is 0 Å². The molecule has 0 saturated heterocycles. The highest BCUT2D eigenvalue weighted by molar-refractivity contribution is 5.32. The molecule has 0 unspecified atom stereocenters. The molecule has 16 heavy (non-hydrogen) atoms. The van der Waals surface area contributed by atoms with Crippen LogP contribution in [0, 0.1) is 6.92 Å². The molecule has 1 heterocycles. The van der Waals surface area contributed by atoms with Gasteiger partial charge in [0, 0.05) is 24.2 Å². The van der Waals surface area contributed by atoms with Crippen molar-refractivity contribution in [2.75, 3.05) is 0 Å². The third-order valence-electron chi connectivity index (χ3n) is 3.09. The maximum Gasteiger partial charge on any atom is 0.278 e. The zero-order chi connectivity index (χ0) is 11.9. The fraction of sp³-hybridized carbons (Fsp3) is 0.727. The van der Waals surface area contributed by atoms with Crippen molar-refractivity contribution >= 4 is 0 Å². The van der Waals surface area contributed by atoms with E-state index in [2.05, 4.69) is 5.10 Å². The summed E-state index contributed by atoms with van der Waals surface area (Å²) < 4.78 is 28.5. The minimum Gasteiger partial charge on any atom is -0.382 e. The van der Waals surface area contributed by atoms with Crippen LogP contribution in [0.1, 0.15) is 42.8 Å². The molecule has 0 aromatic carbocycles.